The van der Waals surface area contributed by atoms with E-state index in [1.165, 1.54) is 30.3 Å². The number of rotatable bonds is 6. The maximum atomic E-state index is 13.1. The topological polar surface area (TPSA) is 93.7 Å². The monoisotopic (exact) mass is 456 g/mol. The zero-order valence-electron chi connectivity index (χ0n) is 17.2. The van der Waals surface area contributed by atoms with E-state index < -0.39 is 10.0 Å². The van der Waals surface area contributed by atoms with Crippen molar-refractivity contribution in [2.24, 2.45) is 0 Å². The quantitative estimate of drug-likeness (QED) is 0.587. The van der Waals surface area contributed by atoms with E-state index in [1.807, 2.05) is 0 Å². The summed E-state index contributed by atoms with van der Waals surface area (Å²) in [5, 5.41) is 2.82. The Balaban J connectivity index is 1.48. The Kier molecular flexibility index (Phi) is 6.00. The Morgan fingerprint density at radius 1 is 0.969 bits per heavy atom. The molecule has 0 unspecified atom stereocenters. The van der Waals surface area contributed by atoms with Crippen LogP contribution in [-0.4, -0.2) is 27.5 Å². The third-order valence-corrected chi connectivity index (χ3v) is 6.30. The molecule has 0 aliphatic carbocycles. The summed E-state index contributed by atoms with van der Waals surface area (Å²) in [6.07, 6.45) is 0. The van der Waals surface area contributed by atoms with Gasteiger partial charge in [0.25, 0.3) is 15.9 Å². The number of hydrogen-bond donors (Lipinski definition) is 2. The van der Waals surface area contributed by atoms with Crippen LogP contribution in [0.4, 0.5) is 10.1 Å². The van der Waals surface area contributed by atoms with Gasteiger partial charge in [0.1, 0.15) is 19.0 Å². The number of nitrogens with one attached hydrogen (secondary N) is 2. The van der Waals surface area contributed by atoms with E-state index in [1.54, 1.807) is 43.3 Å². The minimum Gasteiger partial charge on any atom is -0.486 e. The highest BCUT2D eigenvalue weighted by atomic mass is 32.2. The Morgan fingerprint density at radius 3 is 2.44 bits per heavy atom. The maximum Gasteiger partial charge on any atom is 0.262 e. The molecule has 0 aromatic heterocycles. The van der Waals surface area contributed by atoms with Gasteiger partial charge in [-0.2, -0.15) is 0 Å². The van der Waals surface area contributed by atoms with Gasteiger partial charge in [-0.15, -0.1) is 0 Å². The molecule has 1 aliphatic rings. The summed E-state index contributed by atoms with van der Waals surface area (Å²) in [5.41, 5.74) is 1.26. The summed E-state index contributed by atoms with van der Waals surface area (Å²) in [7, 11) is -3.91. The Labute approximate surface area is 185 Å². The standard InChI is InChI=1S/C23H21FN2O5S/c1-15(16-5-7-18(24)8-6-16)25-23(27)17-3-2-4-19(13-17)26-32(28,29)20-9-10-21-22(14-20)31-12-11-30-21/h2-10,13-15,26H,11-12H2,1H3,(H,25,27)/t15-/m0/s1. The van der Waals surface area contributed by atoms with Gasteiger partial charge in [-0.1, -0.05) is 18.2 Å². The van der Waals surface area contributed by atoms with Crippen LogP contribution in [0.15, 0.2) is 71.6 Å². The fraction of sp³-hybridized carbons (Fsp3) is 0.174. The summed E-state index contributed by atoms with van der Waals surface area (Å²) in [6, 6.07) is 16.0. The molecule has 0 spiro atoms. The maximum absolute atomic E-state index is 13.1. The zero-order chi connectivity index (χ0) is 22.7. The van der Waals surface area contributed by atoms with Gasteiger partial charge in [0.05, 0.1) is 10.9 Å². The van der Waals surface area contributed by atoms with E-state index >= 15 is 0 Å². The Morgan fingerprint density at radius 2 is 1.69 bits per heavy atom. The van der Waals surface area contributed by atoms with Gasteiger partial charge in [-0.25, -0.2) is 12.8 Å². The predicted octanol–water partition coefficient (Wildman–Crippen LogP) is 3.89. The highest BCUT2D eigenvalue weighted by Gasteiger charge is 2.20. The van der Waals surface area contributed by atoms with E-state index in [0.29, 0.717) is 24.7 Å². The molecule has 3 aromatic carbocycles. The molecule has 0 radical (unpaired) electrons. The Hall–Kier alpha value is -3.59. The first kappa shape index (κ1) is 21.6. The van der Waals surface area contributed by atoms with Crippen LogP contribution >= 0.6 is 0 Å². The number of anilines is 1. The number of halogens is 1. The first-order valence-corrected chi connectivity index (χ1v) is 11.4. The molecular weight excluding hydrogens is 435 g/mol. The summed E-state index contributed by atoms with van der Waals surface area (Å²) in [6.45, 7) is 2.53. The van der Waals surface area contributed by atoms with Crippen molar-refractivity contribution in [3.8, 4) is 11.5 Å². The summed E-state index contributed by atoms with van der Waals surface area (Å²) in [4.78, 5) is 12.7. The van der Waals surface area contributed by atoms with Crippen molar-refractivity contribution >= 4 is 21.6 Å². The van der Waals surface area contributed by atoms with Crippen molar-refractivity contribution in [2.75, 3.05) is 17.9 Å². The van der Waals surface area contributed by atoms with E-state index in [4.69, 9.17) is 9.47 Å². The molecule has 1 heterocycles. The third kappa shape index (κ3) is 4.83. The lowest BCUT2D eigenvalue weighted by Gasteiger charge is -2.19. The fourth-order valence-corrected chi connectivity index (χ4v) is 4.31. The summed E-state index contributed by atoms with van der Waals surface area (Å²) >= 11 is 0. The van der Waals surface area contributed by atoms with Crippen LogP contribution in [0, 0.1) is 5.82 Å². The molecule has 7 nitrogen and oxygen atoms in total. The molecule has 9 heteroatoms. The second-order valence-corrected chi connectivity index (χ2v) is 8.92. The van der Waals surface area contributed by atoms with Crippen molar-refractivity contribution in [2.45, 2.75) is 17.9 Å². The number of fused-ring (bicyclic) bond motifs is 1. The summed E-state index contributed by atoms with van der Waals surface area (Å²) in [5.74, 6) is 0.110. The SMILES string of the molecule is C[C@H](NC(=O)c1cccc(NS(=O)(=O)c2ccc3c(c2)OCCO3)c1)c1ccc(F)cc1. The smallest absolute Gasteiger partial charge is 0.262 e. The van der Waals surface area contributed by atoms with Crippen LogP contribution in [0.5, 0.6) is 11.5 Å². The fourth-order valence-electron chi connectivity index (χ4n) is 3.24. The van der Waals surface area contributed by atoms with Crippen LogP contribution in [-0.2, 0) is 10.0 Å². The normalized spacial score (nSPS) is 13.8. The van der Waals surface area contributed by atoms with Gasteiger partial charge >= 0.3 is 0 Å². The molecule has 0 saturated carbocycles. The number of carbonyl (C=O) groups is 1. The summed E-state index contributed by atoms with van der Waals surface area (Å²) < 4.78 is 52.1. The molecule has 1 amide bonds. The molecule has 2 N–H and O–H groups in total. The van der Waals surface area contributed by atoms with E-state index in [9.17, 15) is 17.6 Å². The third-order valence-electron chi connectivity index (χ3n) is 4.92. The van der Waals surface area contributed by atoms with Gasteiger partial charge in [0, 0.05) is 17.3 Å². The van der Waals surface area contributed by atoms with E-state index in [0.717, 1.165) is 5.56 Å². The van der Waals surface area contributed by atoms with Crippen molar-refractivity contribution in [1.82, 2.24) is 5.32 Å². The molecule has 3 aromatic rings. The molecule has 32 heavy (non-hydrogen) atoms. The van der Waals surface area contributed by atoms with E-state index in [-0.39, 0.29) is 33.9 Å². The van der Waals surface area contributed by atoms with E-state index in [2.05, 4.69) is 10.0 Å². The van der Waals surface area contributed by atoms with Gasteiger partial charge < -0.3 is 14.8 Å². The number of sulfonamides is 1. The number of carbonyl (C=O) groups excluding carboxylic acids is 1. The highest BCUT2D eigenvalue weighted by Crippen LogP contribution is 2.32. The average molecular weight is 456 g/mol. The molecule has 1 aliphatic heterocycles. The molecule has 0 bridgehead atoms. The van der Waals surface area contributed by atoms with Gasteiger partial charge in [-0.05, 0) is 55.0 Å². The lowest BCUT2D eigenvalue weighted by molar-refractivity contribution is 0.0940. The first-order valence-electron chi connectivity index (χ1n) is 9.91. The number of ether oxygens (including phenoxy) is 2. The predicted molar refractivity (Wildman–Crippen MR) is 117 cm³/mol. The molecule has 1 atom stereocenters. The van der Waals surface area contributed by atoms with Crippen LogP contribution in [0.2, 0.25) is 0 Å². The lowest BCUT2D eigenvalue weighted by atomic mass is 10.1. The molecule has 0 saturated heterocycles. The minimum absolute atomic E-state index is 0.0153. The van der Waals surface area contributed by atoms with Crippen LogP contribution < -0.4 is 19.5 Å². The van der Waals surface area contributed by atoms with Crippen LogP contribution in [0.1, 0.15) is 28.9 Å². The average Bonchev–Trinajstić information content (AvgIpc) is 2.79. The number of hydrogen-bond acceptors (Lipinski definition) is 5. The van der Waals surface area contributed by atoms with Crippen LogP contribution in [0.3, 0.4) is 0 Å². The van der Waals surface area contributed by atoms with Crippen molar-refractivity contribution < 1.29 is 27.1 Å². The molecule has 0 fully saturated rings. The largest absolute Gasteiger partial charge is 0.486 e. The van der Waals surface area contributed by atoms with Gasteiger partial charge in [0.15, 0.2) is 11.5 Å². The lowest BCUT2D eigenvalue weighted by Crippen LogP contribution is -2.26. The second-order valence-electron chi connectivity index (χ2n) is 7.24. The van der Waals surface area contributed by atoms with Crippen molar-refractivity contribution in [3.05, 3.63) is 83.7 Å². The van der Waals surface area contributed by atoms with Crippen molar-refractivity contribution in [3.63, 3.8) is 0 Å². The number of benzene rings is 3. The Bertz CT molecular complexity index is 1250. The molecule has 166 valence electrons. The van der Waals surface area contributed by atoms with Gasteiger partial charge in [-0.3, -0.25) is 9.52 Å². The first-order chi connectivity index (χ1) is 15.3. The van der Waals surface area contributed by atoms with Gasteiger partial charge in [0.2, 0.25) is 0 Å². The molecule has 4 rings (SSSR count). The van der Waals surface area contributed by atoms with Crippen LogP contribution in [0.25, 0.3) is 0 Å². The number of amides is 1. The zero-order valence-corrected chi connectivity index (χ0v) is 18.0. The molecular formula is C23H21FN2O5S. The second kappa shape index (κ2) is 8.88. The minimum atomic E-state index is -3.91. The highest BCUT2D eigenvalue weighted by molar-refractivity contribution is 7.92. The van der Waals surface area contributed by atoms with Crippen molar-refractivity contribution in [1.29, 1.82) is 0 Å².